The Morgan fingerprint density at radius 1 is 1.04 bits per heavy atom. The van der Waals surface area contributed by atoms with Crippen LogP contribution in [0.15, 0.2) is 30.3 Å². The summed E-state index contributed by atoms with van der Waals surface area (Å²) in [5, 5.41) is 3.68. The van der Waals surface area contributed by atoms with Crippen LogP contribution in [0.1, 0.15) is 41.7 Å². The molecular weight excluding hydrogens is 334 g/mol. The molecule has 1 amide bonds. The monoisotopic (exact) mass is 359 g/mol. The first-order valence-electron chi connectivity index (χ1n) is 8.71. The van der Waals surface area contributed by atoms with Crippen LogP contribution in [0.25, 0.3) is 0 Å². The van der Waals surface area contributed by atoms with Crippen molar-refractivity contribution >= 4 is 17.5 Å². The Morgan fingerprint density at radius 3 is 2.32 bits per heavy atom. The van der Waals surface area contributed by atoms with Gasteiger partial charge < -0.3 is 10.1 Å². The third-order valence-electron chi connectivity index (χ3n) is 4.32. The predicted octanol–water partition coefficient (Wildman–Crippen LogP) is 4.78. The molecule has 0 aliphatic rings. The number of carbonyl (C=O) groups excluding carboxylic acids is 1. The fourth-order valence-corrected chi connectivity index (χ4v) is 2.90. The van der Waals surface area contributed by atoms with E-state index >= 15 is 0 Å². The minimum atomic E-state index is -0.130. The van der Waals surface area contributed by atoms with Crippen LogP contribution in [0.2, 0.25) is 5.02 Å². The van der Waals surface area contributed by atoms with Gasteiger partial charge in [0.1, 0.15) is 5.75 Å². The number of hydrogen-bond donors (Lipinski definition) is 1. The van der Waals surface area contributed by atoms with Crippen LogP contribution >= 0.6 is 11.6 Å². The summed E-state index contributed by atoms with van der Waals surface area (Å²) in [7, 11) is 0. The minimum absolute atomic E-state index is 0.00452. The smallest absolute Gasteiger partial charge is 0.258 e. The molecule has 0 aromatic heterocycles. The molecular formula is C21H26ClNO2. The SMILES string of the molecule is CCc1ccc(CC)c(CNC(=O)COc2cc(C)c(Cl)c(C)c2)c1. The van der Waals surface area contributed by atoms with Crippen molar-refractivity contribution in [1.82, 2.24) is 5.32 Å². The van der Waals surface area contributed by atoms with Crippen LogP contribution < -0.4 is 10.1 Å². The quantitative estimate of drug-likeness (QED) is 0.772. The summed E-state index contributed by atoms with van der Waals surface area (Å²) in [5.74, 6) is 0.533. The number of benzene rings is 2. The number of aryl methyl sites for hydroxylation is 4. The highest BCUT2D eigenvalue weighted by molar-refractivity contribution is 6.32. The zero-order chi connectivity index (χ0) is 18.4. The number of ether oxygens (including phenoxy) is 1. The van der Waals surface area contributed by atoms with Crippen molar-refractivity contribution < 1.29 is 9.53 Å². The molecule has 0 heterocycles. The Hall–Kier alpha value is -2.00. The standard InChI is InChI=1S/C21H26ClNO2/c1-5-16-7-8-17(6-2)18(11-16)12-23-20(24)13-25-19-9-14(3)21(22)15(4)10-19/h7-11H,5-6,12-13H2,1-4H3,(H,23,24). The van der Waals surface area contributed by atoms with E-state index in [-0.39, 0.29) is 12.5 Å². The average Bonchev–Trinajstić information content (AvgIpc) is 2.62. The van der Waals surface area contributed by atoms with Crippen molar-refractivity contribution in [3.8, 4) is 5.75 Å². The number of halogens is 1. The van der Waals surface area contributed by atoms with E-state index in [9.17, 15) is 4.79 Å². The molecule has 0 unspecified atom stereocenters. The topological polar surface area (TPSA) is 38.3 Å². The zero-order valence-electron chi connectivity index (χ0n) is 15.4. The lowest BCUT2D eigenvalue weighted by Crippen LogP contribution is -2.28. The van der Waals surface area contributed by atoms with Gasteiger partial charge in [-0.05, 0) is 66.6 Å². The Kier molecular flexibility index (Phi) is 6.89. The normalized spacial score (nSPS) is 10.6. The van der Waals surface area contributed by atoms with Gasteiger partial charge in [-0.15, -0.1) is 0 Å². The van der Waals surface area contributed by atoms with Gasteiger partial charge in [-0.2, -0.15) is 0 Å². The molecule has 25 heavy (non-hydrogen) atoms. The number of rotatable bonds is 7. The number of carbonyl (C=O) groups is 1. The van der Waals surface area contributed by atoms with Gasteiger partial charge in [-0.1, -0.05) is 43.6 Å². The molecule has 2 aromatic rings. The largest absolute Gasteiger partial charge is 0.484 e. The summed E-state index contributed by atoms with van der Waals surface area (Å²) in [5.41, 5.74) is 5.61. The van der Waals surface area contributed by atoms with E-state index in [2.05, 4.69) is 37.4 Å². The molecule has 2 rings (SSSR count). The van der Waals surface area contributed by atoms with Gasteiger partial charge in [-0.3, -0.25) is 4.79 Å². The molecule has 0 bridgehead atoms. The van der Waals surface area contributed by atoms with Crippen molar-refractivity contribution in [3.05, 3.63) is 63.2 Å². The van der Waals surface area contributed by atoms with Crippen LogP contribution in [0.3, 0.4) is 0 Å². The van der Waals surface area contributed by atoms with E-state index in [4.69, 9.17) is 16.3 Å². The molecule has 0 spiro atoms. The Morgan fingerprint density at radius 2 is 1.72 bits per heavy atom. The molecule has 134 valence electrons. The van der Waals surface area contributed by atoms with E-state index in [0.29, 0.717) is 12.3 Å². The van der Waals surface area contributed by atoms with Gasteiger partial charge >= 0.3 is 0 Å². The molecule has 0 fully saturated rings. The number of nitrogens with one attached hydrogen (secondary N) is 1. The summed E-state index contributed by atoms with van der Waals surface area (Å²) < 4.78 is 5.60. The lowest BCUT2D eigenvalue weighted by atomic mass is 10.0. The fourth-order valence-electron chi connectivity index (χ4n) is 2.79. The zero-order valence-corrected chi connectivity index (χ0v) is 16.2. The Balaban J connectivity index is 1.93. The molecule has 0 atom stereocenters. The summed E-state index contributed by atoms with van der Waals surface area (Å²) in [6.07, 6.45) is 1.94. The van der Waals surface area contributed by atoms with E-state index in [1.165, 1.54) is 16.7 Å². The van der Waals surface area contributed by atoms with E-state index in [0.717, 1.165) is 29.0 Å². The van der Waals surface area contributed by atoms with Gasteiger partial charge in [0.15, 0.2) is 6.61 Å². The second kappa shape index (κ2) is 8.91. The highest BCUT2D eigenvalue weighted by Gasteiger charge is 2.08. The maximum atomic E-state index is 12.1. The molecule has 0 radical (unpaired) electrons. The second-order valence-corrected chi connectivity index (χ2v) is 6.62. The van der Waals surface area contributed by atoms with Crippen molar-refractivity contribution in [1.29, 1.82) is 0 Å². The van der Waals surface area contributed by atoms with E-state index < -0.39 is 0 Å². The molecule has 2 aromatic carbocycles. The van der Waals surface area contributed by atoms with Crippen LogP contribution in [-0.2, 0) is 24.2 Å². The van der Waals surface area contributed by atoms with Crippen LogP contribution in [0.4, 0.5) is 0 Å². The third kappa shape index (κ3) is 5.23. The number of amides is 1. The lowest BCUT2D eigenvalue weighted by Gasteiger charge is -2.13. The average molecular weight is 360 g/mol. The van der Waals surface area contributed by atoms with Gasteiger partial charge in [0.2, 0.25) is 0 Å². The third-order valence-corrected chi connectivity index (χ3v) is 4.91. The summed E-state index contributed by atoms with van der Waals surface area (Å²) >= 11 is 6.15. The van der Waals surface area contributed by atoms with Crippen LogP contribution in [0, 0.1) is 13.8 Å². The first-order chi connectivity index (χ1) is 11.9. The molecule has 0 saturated carbocycles. The Labute approximate surface area is 155 Å². The Bertz CT molecular complexity index is 733. The van der Waals surface area contributed by atoms with Gasteiger partial charge in [0.05, 0.1) is 0 Å². The van der Waals surface area contributed by atoms with Gasteiger partial charge in [0, 0.05) is 11.6 Å². The van der Waals surface area contributed by atoms with Gasteiger partial charge in [-0.25, -0.2) is 0 Å². The predicted molar refractivity (Wildman–Crippen MR) is 103 cm³/mol. The van der Waals surface area contributed by atoms with Crippen molar-refractivity contribution in [2.45, 2.75) is 47.1 Å². The van der Waals surface area contributed by atoms with Crippen LogP contribution in [-0.4, -0.2) is 12.5 Å². The maximum absolute atomic E-state index is 12.1. The molecule has 3 nitrogen and oxygen atoms in total. The van der Waals surface area contributed by atoms with Crippen LogP contribution in [0.5, 0.6) is 5.75 Å². The van der Waals surface area contributed by atoms with Crippen molar-refractivity contribution in [2.24, 2.45) is 0 Å². The highest BCUT2D eigenvalue weighted by atomic mass is 35.5. The molecule has 1 N–H and O–H groups in total. The second-order valence-electron chi connectivity index (χ2n) is 6.25. The molecule has 4 heteroatoms. The maximum Gasteiger partial charge on any atom is 0.258 e. The first-order valence-corrected chi connectivity index (χ1v) is 9.09. The van der Waals surface area contributed by atoms with Gasteiger partial charge in [0.25, 0.3) is 5.91 Å². The lowest BCUT2D eigenvalue weighted by molar-refractivity contribution is -0.123. The first kappa shape index (κ1) is 19.3. The summed E-state index contributed by atoms with van der Waals surface area (Å²) in [6.45, 7) is 8.63. The molecule has 0 saturated heterocycles. The summed E-state index contributed by atoms with van der Waals surface area (Å²) in [4.78, 5) is 12.1. The van der Waals surface area contributed by atoms with E-state index in [1.807, 2.05) is 26.0 Å². The number of hydrogen-bond acceptors (Lipinski definition) is 2. The highest BCUT2D eigenvalue weighted by Crippen LogP contribution is 2.25. The van der Waals surface area contributed by atoms with E-state index in [1.54, 1.807) is 0 Å². The molecule has 0 aliphatic carbocycles. The molecule has 0 aliphatic heterocycles. The minimum Gasteiger partial charge on any atom is -0.484 e. The van der Waals surface area contributed by atoms with Crippen molar-refractivity contribution in [3.63, 3.8) is 0 Å². The summed E-state index contributed by atoms with van der Waals surface area (Å²) in [6, 6.07) is 10.2. The van der Waals surface area contributed by atoms with Crippen molar-refractivity contribution in [2.75, 3.05) is 6.61 Å². The fraction of sp³-hybridized carbons (Fsp3) is 0.381.